The van der Waals surface area contributed by atoms with Crippen LogP contribution in [0.25, 0.3) is 0 Å². The summed E-state index contributed by atoms with van der Waals surface area (Å²) in [6, 6.07) is 0. The summed E-state index contributed by atoms with van der Waals surface area (Å²) in [5.41, 5.74) is 0.281. The molecule has 1 aromatic heterocycles. The summed E-state index contributed by atoms with van der Waals surface area (Å²) >= 11 is 1.06. The van der Waals surface area contributed by atoms with Crippen molar-refractivity contribution in [2.45, 2.75) is 20.0 Å². The van der Waals surface area contributed by atoms with E-state index in [9.17, 15) is 13.2 Å². The summed E-state index contributed by atoms with van der Waals surface area (Å²) in [5, 5.41) is 5.33. The average Bonchev–Trinajstić information content (AvgIpc) is 2.64. The molecular formula is C9H13N3O4S2. The van der Waals surface area contributed by atoms with E-state index < -0.39 is 10.0 Å². The SMILES string of the molecule is CC(C)ON=C(C=O)c1csc(NS(C)(=O)=O)n1. The maximum absolute atomic E-state index is 11.0. The van der Waals surface area contributed by atoms with Crippen LogP contribution in [0.5, 0.6) is 0 Å². The minimum atomic E-state index is -3.38. The number of hydrogen-bond acceptors (Lipinski definition) is 7. The zero-order chi connectivity index (χ0) is 13.8. The van der Waals surface area contributed by atoms with Crippen molar-refractivity contribution >= 4 is 38.5 Å². The van der Waals surface area contributed by atoms with E-state index in [4.69, 9.17) is 4.84 Å². The quantitative estimate of drug-likeness (QED) is 0.476. The van der Waals surface area contributed by atoms with Gasteiger partial charge in [0.25, 0.3) is 0 Å². The number of hydrogen-bond donors (Lipinski definition) is 1. The fraction of sp³-hybridized carbons (Fsp3) is 0.444. The van der Waals surface area contributed by atoms with Gasteiger partial charge in [0.05, 0.1) is 6.26 Å². The molecule has 0 saturated carbocycles. The lowest BCUT2D eigenvalue weighted by Gasteiger charge is -2.01. The molecule has 18 heavy (non-hydrogen) atoms. The first-order valence-electron chi connectivity index (χ1n) is 4.94. The highest BCUT2D eigenvalue weighted by Gasteiger charge is 2.11. The smallest absolute Gasteiger partial charge is 0.231 e. The molecule has 0 atom stereocenters. The summed E-state index contributed by atoms with van der Waals surface area (Å²) in [6.45, 7) is 3.53. The van der Waals surface area contributed by atoms with E-state index in [-0.39, 0.29) is 22.6 Å². The molecule has 7 nitrogen and oxygen atoms in total. The van der Waals surface area contributed by atoms with Gasteiger partial charge in [-0.15, -0.1) is 11.3 Å². The maximum atomic E-state index is 11.0. The van der Waals surface area contributed by atoms with E-state index in [0.717, 1.165) is 17.6 Å². The van der Waals surface area contributed by atoms with E-state index in [1.807, 2.05) is 0 Å². The molecule has 1 N–H and O–H groups in total. The number of anilines is 1. The zero-order valence-corrected chi connectivity index (χ0v) is 11.7. The van der Waals surface area contributed by atoms with Crippen molar-refractivity contribution in [2.24, 2.45) is 5.16 Å². The Morgan fingerprint density at radius 3 is 2.78 bits per heavy atom. The van der Waals surface area contributed by atoms with Gasteiger partial charge < -0.3 is 4.84 Å². The van der Waals surface area contributed by atoms with Crippen LogP contribution in [0.15, 0.2) is 10.5 Å². The first kappa shape index (κ1) is 14.6. The van der Waals surface area contributed by atoms with Crippen LogP contribution in [0.3, 0.4) is 0 Å². The Kier molecular flexibility index (Phi) is 4.79. The van der Waals surface area contributed by atoms with Gasteiger partial charge >= 0.3 is 0 Å². The number of thiazole rings is 1. The van der Waals surface area contributed by atoms with Gasteiger partial charge in [0.1, 0.15) is 11.8 Å². The van der Waals surface area contributed by atoms with Crippen molar-refractivity contribution in [3.05, 3.63) is 11.1 Å². The van der Waals surface area contributed by atoms with E-state index in [1.54, 1.807) is 13.8 Å². The van der Waals surface area contributed by atoms with Crippen molar-refractivity contribution in [1.82, 2.24) is 4.98 Å². The molecule has 0 aromatic carbocycles. The Bertz CT molecular complexity index is 548. The molecule has 0 bridgehead atoms. The largest absolute Gasteiger partial charge is 0.392 e. The third-order valence-electron chi connectivity index (χ3n) is 1.51. The van der Waals surface area contributed by atoms with Crippen LogP contribution in [0.4, 0.5) is 5.13 Å². The molecular weight excluding hydrogens is 278 g/mol. The summed E-state index contributed by atoms with van der Waals surface area (Å²) < 4.78 is 24.2. The Labute approximate surface area is 109 Å². The van der Waals surface area contributed by atoms with Gasteiger partial charge in [0, 0.05) is 5.38 Å². The Morgan fingerprint density at radius 1 is 1.61 bits per heavy atom. The fourth-order valence-corrected chi connectivity index (χ4v) is 2.44. The standard InChI is InChI=1S/C9H13N3O4S2/c1-6(2)16-11-7(4-13)8-5-17-9(10-8)12-18(3,14)15/h4-6H,1-3H3,(H,10,12). The van der Waals surface area contributed by atoms with Gasteiger partial charge in [0.2, 0.25) is 10.0 Å². The molecule has 1 rings (SSSR count). The maximum Gasteiger partial charge on any atom is 0.231 e. The molecule has 0 fully saturated rings. The minimum Gasteiger partial charge on any atom is -0.392 e. The highest BCUT2D eigenvalue weighted by molar-refractivity contribution is 7.92. The Balaban J connectivity index is 2.89. The van der Waals surface area contributed by atoms with Crippen molar-refractivity contribution in [1.29, 1.82) is 0 Å². The van der Waals surface area contributed by atoms with Crippen LogP contribution in [0, 0.1) is 0 Å². The number of rotatable bonds is 6. The molecule has 0 aliphatic carbocycles. The van der Waals surface area contributed by atoms with Crippen LogP contribution in [-0.2, 0) is 19.7 Å². The van der Waals surface area contributed by atoms with Crippen LogP contribution in [0.2, 0.25) is 0 Å². The lowest BCUT2D eigenvalue weighted by atomic mass is 10.3. The highest BCUT2D eigenvalue weighted by atomic mass is 32.2. The second kappa shape index (κ2) is 5.91. The number of carbonyl (C=O) groups excluding carboxylic acids is 1. The molecule has 1 aromatic rings. The third kappa shape index (κ3) is 4.80. The van der Waals surface area contributed by atoms with Gasteiger partial charge in [-0.3, -0.25) is 9.52 Å². The number of aldehydes is 1. The molecule has 100 valence electrons. The predicted octanol–water partition coefficient (Wildman–Crippen LogP) is 0.843. The van der Waals surface area contributed by atoms with E-state index in [0.29, 0.717) is 6.29 Å². The monoisotopic (exact) mass is 291 g/mol. The Hall–Kier alpha value is -1.48. The molecule has 0 spiro atoms. The van der Waals surface area contributed by atoms with Crippen molar-refractivity contribution in [3.8, 4) is 0 Å². The minimum absolute atomic E-state index is 0.0153. The second-order valence-electron chi connectivity index (χ2n) is 3.66. The van der Waals surface area contributed by atoms with Crippen molar-refractivity contribution < 1.29 is 18.0 Å². The highest BCUT2D eigenvalue weighted by Crippen LogP contribution is 2.16. The average molecular weight is 291 g/mol. The summed E-state index contributed by atoms with van der Waals surface area (Å²) in [7, 11) is -3.38. The molecule has 0 aliphatic rings. The van der Waals surface area contributed by atoms with Gasteiger partial charge in [-0.1, -0.05) is 5.16 Å². The Morgan fingerprint density at radius 2 is 2.28 bits per heavy atom. The lowest BCUT2D eigenvalue weighted by molar-refractivity contribution is -0.102. The zero-order valence-electron chi connectivity index (χ0n) is 10.1. The first-order chi connectivity index (χ1) is 8.31. The molecule has 0 aliphatic heterocycles. The normalized spacial score (nSPS) is 12.6. The lowest BCUT2D eigenvalue weighted by Crippen LogP contribution is -2.10. The molecule has 9 heteroatoms. The van der Waals surface area contributed by atoms with Crippen molar-refractivity contribution in [3.63, 3.8) is 0 Å². The number of nitrogens with zero attached hydrogens (tertiary/aromatic N) is 2. The molecule has 0 radical (unpaired) electrons. The number of nitrogens with one attached hydrogen (secondary N) is 1. The molecule has 0 unspecified atom stereocenters. The first-order valence-corrected chi connectivity index (χ1v) is 7.71. The molecule has 0 saturated heterocycles. The fourth-order valence-electron chi connectivity index (χ4n) is 0.888. The van der Waals surface area contributed by atoms with E-state index in [1.165, 1.54) is 5.38 Å². The van der Waals surface area contributed by atoms with Gasteiger partial charge in [0.15, 0.2) is 17.1 Å². The summed E-state index contributed by atoms with van der Waals surface area (Å²) in [6.07, 6.45) is 1.36. The second-order valence-corrected chi connectivity index (χ2v) is 6.27. The molecule has 1 heterocycles. The topological polar surface area (TPSA) is 97.7 Å². The number of aromatic nitrogens is 1. The van der Waals surface area contributed by atoms with Crippen LogP contribution >= 0.6 is 11.3 Å². The van der Waals surface area contributed by atoms with Crippen LogP contribution in [-0.4, -0.2) is 37.8 Å². The van der Waals surface area contributed by atoms with Gasteiger partial charge in [-0.05, 0) is 13.8 Å². The summed E-state index contributed by atoms with van der Waals surface area (Å²) in [5.74, 6) is 0. The van der Waals surface area contributed by atoms with Crippen LogP contribution in [0.1, 0.15) is 19.5 Å². The predicted molar refractivity (Wildman–Crippen MR) is 69.4 cm³/mol. The van der Waals surface area contributed by atoms with Crippen molar-refractivity contribution in [2.75, 3.05) is 11.0 Å². The van der Waals surface area contributed by atoms with E-state index >= 15 is 0 Å². The third-order valence-corrected chi connectivity index (χ3v) is 2.96. The number of oxime groups is 1. The number of sulfonamides is 1. The van der Waals surface area contributed by atoms with Gasteiger partial charge in [-0.2, -0.15) is 0 Å². The van der Waals surface area contributed by atoms with E-state index in [2.05, 4.69) is 14.9 Å². The molecule has 0 amide bonds. The number of carbonyl (C=O) groups is 1. The van der Waals surface area contributed by atoms with Crippen LogP contribution < -0.4 is 4.72 Å². The van der Waals surface area contributed by atoms with Gasteiger partial charge in [-0.25, -0.2) is 13.4 Å². The summed E-state index contributed by atoms with van der Waals surface area (Å²) in [4.78, 5) is 19.7.